The highest BCUT2D eigenvalue weighted by Crippen LogP contribution is 2.20. The molecule has 0 N–H and O–H groups in total. The van der Waals surface area contributed by atoms with Crippen LogP contribution < -0.4 is 4.74 Å². The van der Waals surface area contributed by atoms with Gasteiger partial charge in [-0.25, -0.2) is 0 Å². The molecule has 0 saturated carbocycles. The maximum absolute atomic E-state index is 10.9. The summed E-state index contributed by atoms with van der Waals surface area (Å²) in [5.41, 5.74) is 1.13. The second-order valence-corrected chi connectivity index (χ2v) is 4.38. The van der Waals surface area contributed by atoms with Crippen LogP contribution in [0.3, 0.4) is 0 Å². The topological polar surface area (TPSA) is 35.5 Å². The Morgan fingerprint density at radius 3 is 2.71 bits per heavy atom. The minimum atomic E-state index is -0.241. The van der Waals surface area contributed by atoms with Gasteiger partial charge in [-0.05, 0) is 24.5 Å². The first-order valence-electron chi connectivity index (χ1n) is 5.52. The van der Waals surface area contributed by atoms with Crippen molar-refractivity contribution in [1.82, 2.24) is 0 Å². The Morgan fingerprint density at radius 2 is 2.12 bits per heavy atom. The number of alkyl halides is 1. The van der Waals surface area contributed by atoms with Gasteiger partial charge < -0.3 is 9.47 Å². The predicted molar refractivity (Wildman–Crippen MR) is 70.7 cm³/mol. The second kappa shape index (κ2) is 7.33. The van der Waals surface area contributed by atoms with Crippen LogP contribution in [-0.4, -0.2) is 24.5 Å². The first kappa shape index (κ1) is 14.0. The number of carbonyl (C=O) groups excluding carboxylic acids is 1. The lowest BCUT2D eigenvalue weighted by molar-refractivity contribution is -0.145. The normalized spacial score (nSPS) is 11.9. The van der Waals surface area contributed by atoms with Gasteiger partial charge in [0.05, 0.1) is 7.11 Å². The molecule has 1 aromatic rings. The number of hydrogen-bond donors (Lipinski definition) is 0. The molecule has 0 aliphatic carbocycles. The predicted octanol–water partition coefficient (Wildman–Crippen LogP) is 2.95. The van der Waals surface area contributed by atoms with Crippen LogP contribution in [0.15, 0.2) is 24.3 Å². The highest BCUT2D eigenvalue weighted by Gasteiger charge is 2.11. The van der Waals surface area contributed by atoms with E-state index in [1.54, 1.807) is 7.11 Å². The molecule has 1 atom stereocenters. The van der Waals surface area contributed by atoms with Crippen LogP contribution in [0.25, 0.3) is 0 Å². The number of esters is 1. The van der Waals surface area contributed by atoms with E-state index in [4.69, 9.17) is 9.47 Å². The third-order valence-electron chi connectivity index (χ3n) is 2.43. The molecule has 1 aromatic carbocycles. The number of aryl methyl sites for hydroxylation is 1. The van der Waals surface area contributed by atoms with Crippen molar-refractivity contribution in [3.05, 3.63) is 29.8 Å². The molecule has 1 unspecified atom stereocenters. The first-order valence-corrected chi connectivity index (χ1v) is 6.64. The summed E-state index contributed by atoms with van der Waals surface area (Å²) in [5, 5.41) is 0.654. The molecule has 0 aliphatic rings. The fourth-order valence-electron chi connectivity index (χ4n) is 1.63. The lowest BCUT2D eigenvalue weighted by atomic mass is 10.1. The Hall–Kier alpha value is -1.03. The molecule has 4 heteroatoms. The van der Waals surface area contributed by atoms with Crippen LogP contribution in [0.2, 0.25) is 0 Å². The standard InChI is InChI=1S/C13H17BrO3/c1-10(15)17-12(9-14)8-7-11-5-3-4-6-13(11)16-2/h3-6,12H,7-9H2,1-2H3. The minimum Gasteiger partial charge on any atom is -0.496 e. The molecule has 0 bridgehead atoms. The maximum Gasteiger partial charge on any atom is 0.302 e. The number of ether oxygens (including phenoxy) is 2. The minimum absolute atomic E-state index is 0.0857. The summed E-state index contributed by atoms with van der Waals surface area (Å²) in [4.78, 5) is 10.9. The van der Waals surface area contributed by atoms with Crippen molar-refractivity contribution >= 4 is 21.9 Å². The van der Waals surface area contributed by atoms with Crippen LogP contribution in [0, 0.1) is 0 Å². The molecule has 0 fully saturated rings. The Morgan fingerprint density at radius 1 is 1.41 bits per heavy atom. The highest BCUT2D eigenvalue weighted by atomic mass is 79.9. The van der Waals surface area contributed by atoms with Gasteiger partial charge in [0.25, 0.3) is 0 Å². The summed E-state index contributed by atoms with van der Waals surface area (Å²) < 4.78 is 10.4. The van der Waals surface area contributed by atoms with E-state index in [1.807, 2.05) is 24.3 Å². The highest BCUT2D eigenvalue weighted by molar-refractivity contribution is 9.09. The van der Waals surface area contributed by atoms with Gasteiger partial charge in [-0.1, -0.05) is 34.1 Å². The largest absolute Gasteiger partial charge is 0.496 e. The lowest BCUT2D eigenvalue weighted by Crippen LogP contribution is -2.18. The van der Waals surface area contributed by atoms with Gasteiger partial charge in [0.15, 0.2) is 0 Å². The van der Waals surface area contributed by atoms with Gasteiger partial charge in [0, 0.05) is 12.3 Å². The molecule has 3 nitrogen and oxygen atoms in total. The third-order valence-corrected chi connectivity index (χ3v) is 3.16. The molecule has 1 rings (SSSR count). The molecule has 0 aromatic heterocycles. The maximum atomic E-state index is 10.9. The average molecular weight is 301 g/mol. The molecule has 0 radical (unpaired) electrons. The fraction of sp³-hybridized carbons (Fsp3) is 0.462. The van der Waals surface area contributed by atoms with Crippen molar-refractivity contribution in [3.63, 3.8) is 0 Å². The van der Waals surface area contributed by atoms with Crippen molar-refractivity contribution in [1.29, 1.82) is 0 Å². The van der Waals surface area contributed by atoms with E-state index in [0.29, 0.717) is 5.33 Å². The fourth-order valence-corrected chi connectivity index (χ4v) is 2.08. The number of hydrogen-bond acceptors (Lipinski definition) is 3. The number of para-hydroxylation sites is 1. The molecule has 0 heterocycles. The summed E-state index contributed by atoms with van der Waals surface area (Å²) in [6.07, 6.45) is 1.52. The van der Waals surface area contributed by atoms with E-state index < -0.39 is 0 Å². The average Bonchev–Trinajstić information content (AvgIpc) is 2.34. The summed E-state index contributed by atoms with van der Waals surface area (Å²) in [7, 11) is 1.66. The van der Waals surface area contributed by atoms with Crippen LogP contribution in [0.1, 0.15) is 18.9 Å². The van der Waals surface area contributed by atoms with Gasteiger partial charge in [0.2, 0.25) is 0 Å². The second-order valence-electron chi connectivity index (χ2n) is 3.74. The van der Waals surface area contributed by atoms with E-state index in [0.717, 1.165) is 24.2 Å². The zero-order chi connectivity index (χ0) is 12.7. The molecule has 0 amide bonds. The monoisotopic (exact) mass is 300 g/mol. The smallest absolute Gasteiger partial charge is 0.302 e. The van der Waals surface area contributed by atoms with Crippen LogP contribution in [0.4, 0.5) is 0 Å². The van der Waals surface area contributed by atoms with Gasteiger partial charge in [0.1, 0.15) is 11.9 Å². The van der Waals surface area contributed by atoms with E-state index in [2.05, 4.69) is 15.9 Å². The van der Waals surface area contributed by atoms with E-state index in [1.165, 1.54) is 6.92 Å². The SMILES string of the molecule is COc1ccccc1CCC(CBr)OC(C)=O. The van der Waals surface area contributed by atoms with E-state index in [9.17, 15) is 4.79 Å². The third kappa shape index (κ3) is 4.77. The molecular weight excluding hydrogens is 284 g/mol. The summed E-state index contributed by atoms with van der Waals surface area (Å²) in [6, 6.07) is 7.88. The van der Waals surface area contributed by atoms with Gasteiger partial charge in [-0.15, -0.1) is 0 Å². The molecule has 17 heavy (non-hydrogen) atoms. The summed E-state index contributed by atoms with van der Waals surface area (Å²) in [5.74, 6) is 0.637. The number of halogens is 1. The Bertz CT molecular complexity index is 365. The quantitative estimate of drug-likeness (QED) is 0.598. The molecule has 0 aliphatic heterocycles. The van der Waals surface area contributed by atoms with Gasteiger partial charge >= 0.3 is 5.97 Å². The van der Waals surface area contributed by atoms with Crippen molar-refractivity contribution in [2.24, 2.45) is 0 Å². The van der Waals surface area contributed by atoms with Crippen molar-refractivity contribution in [2.45, 2.75) is 25.9 Å². The van der Waals surface area contributed by atoms with Gasteiger partial charge in [-0.2, -0.15) is 0 Å². The molecular formula is C13H17BrO3. The van der Waals surface area contributed by atoms with Crippen LogP contribution in [-0.2, 0) is 16.0 Å². The first-order chi connectivity index (χ1) is 8.17. The van der Waals surface area contributed by atoms with Crippen molar-refractivity contribution in [2.75, 3.05) is 12.4 Å². The lowest BCUT2D eigenvalue weighted by Gasteiger charge is -2.15. The zero-order valence-corrected chi connectivity index (χ0v) is 11.7. The van der Waals surface area contributed by atoms with Crippen molar-refractivity contribution < 1.29 is 14.3 Å². The Kier molecular flexibility index (Phi) is 6.05. The summed E-state index contributed by atoms with van der Waals surface area (Å²) in [6.45, 7) is 1.43. The van der Waals surface area contributed by atoms with Crippen LogP contribution in [0.5, 0.6) is 5.75 Å². The number of benzene rings is 1. The van der Waals surface area contributed by atoms with Gasteiger partial charge in [-0.3, -0.25) is 4.79 Å². The van der Waals surface area contributed by atoms with Crippen molar-refractivity contribution in [3.8, 4) is 5.75 Å². The Labute approximate surface area is 110 Å². The molecule has 0 saturated heterocycles. The van der Waals surface area contributed by atoms with E-state index in [-0.39, 0.29) is 12.1 Å². The molecule has 94 valence electrons. The van der Waals surface area contributed by atoms with Crippen LogP contribution >= 0.6 is 15.9 Å². The number of methoxy groups -OCH3 is 1. The number of rotatable bonds is 6. The zero-order valence-electron chi connectivity index (χ0n) is 10.1. The molecule has 0 spiro atoms. The van der Waals surface area contributed by atoms with E-state index >= 15 is 0 Å². The summed E-state index contributed by atoms with van der Waals surface area (Å²) >= 11 is 3.35. The number of carbonyl (C=O) groups is 1. The Balaban J connectivity index is 2.56.